The average Bonchev–Trinajstić information content (AvgIpc) is 2.00. The monoisotopic (exact) mass is 213 g/mol. The maximum atomic E-state index is 11.6. The fourth-order valence-corrected chi connectivity index (χ4v) is 2.60. The van der Waals surface area contributed by atoms with Crippen LogP contribution in [0.3, 0.4) is 0 Å². The summed E-state index contributed by atoms with van der Waals surface area (Å²) in [4.78, 5) is 0. The molecule has 78 valence electrons. The van der Waals surface area contributed by atoms with Crippen molar-refractivity contribution in [1.82, 2.24) is 0 Å². The highest BCUT2D eigenvalue weighted by molar-refractivity contribution is 7.57. The Kier molecular flexibility index (Phi) is 2.76. The van der Waals surface area contributed by atoms with E-state index in [-0.39, 0.29) is 0 Å². The normalized spacial score (nSPS) is 13.9. The van der Waals surface area contributed by atoms with E-state index in [1.54, 1.807) is 25.5 Å². The molecule has 1 rings (SSSR count). The second kappa shape index (κ2) is 3.88. The van der Waals surface area contributed by atoms with Crippen molar-refractivity contribution < 1.29 is 10.5 Å². The van der Waals surface area contributed by atoms with E-state index in [9.17, 15) is 4.57 Å². The van der Waals surface area contributed by atoms with Gasteiger partial charge in [-0.15, -0.1) is 0 Å². The van der Waals surface area contributed by atoms with E-state index in [2.05, 4.69) is 0 Å². The van der Waals surface area contributed by atoms with Crippen LogP contribution in [0.4, 0.5) is 0 Å². The molecule has 0 unspecified atom stereocenters. The first-order valence-corrected chi connectivity index (χ1v) is 7.05. The smallest absolute Gasteiger partial charge is 0.198 e. The maximum absolute atomic E-state index is 11.6. The number of rotatable bonds is 3. The van der Waals surface area contributed by atoms with E-state index in [0.29, 0.717) is 6.04 Å². The molecule has 0 aromatic heterocycles. The van der Waals surface area contributed by atoms with Gasteiger partial charge in [-0.05, 0) is 19.4 Å². The summed E-state index contributed by atoms with van der Waals surface area (Å²) in [5.41, 5.74) is 0.356. The van der Waals surface area contributed by atoms with Crippen LogP contribution in [0.25, 0.3) is 0 Å². The van der Waals surface area contributed by atoms with Crippen molar-refractivity contribution in [3.8, 4) is 0 Å². The minimum atomic E-state index is -2.51. The summed E-state index contributed by atoms with van der Waals surface area (Å²) < 4.78 is 24.5. The van der Waals surface area contributed by atoms with Crippen LogP contribution in [0.2, 0.25) is 0 Å². The topological polar surface area (TPSA) is 26.3 Å². The second-order valence-electron chi connectivity index (χ2n) is 4.14. The second-order valence-corrected chi connectivity index (χ2v) is 6.83. The van der Waals surface area contributed by atoms with Gasteiger partial charge in [-0.25, -0.2) is 0 Å². The molecule has 0 radical (unpaired) electrons. The van der Waals surface area contributed by atoms with Gasteiger partial charge in [-0.2, -0.15) is 0 Å². The summed E-state index contributed by atoms with van der Waals surface area (Å²) in [6.07, 6.45) is 0. The molecule has 2 nitrogen and oxygen atoms in total. The molecule has 0 aliphatic carbocycles. The molecular weight excluding hydrogens is 195 g/mol. The van der Waals surface area contributed by atoms with E-state index in [0.717, 1.165) is 5.56 Å². The van der Waals surface area contributed by atoms with Crippen LogP contribution < -0.4 is 0 Å². The SMILES string of the molecule is [2H]c1ccc(C(C)(C)OP(C)(C)=O)cc1. The van der Waals surface area contributed by atoms with Crippen LogP contribution >= 0.6 is 7.37 Å². The van der Waals surface area contributed by atoms with E-state index < -0.39 is 13.0 Å². The molecule has 0 fully saturated rings. The molecule has 3 heteroatoms. The van der Waals surface area contributed by atoms with Gasteiger partial charge in [0.05, 0.1) is 6.97 Å². The zero-order chi connectivity index (χ0) is 11.7. The van der Waals surface area contributed by atoms with Gasteiger partial charge >= 0.3 is 0 Å². The summed E-state index contributed by atoms with van der Waals surface area (Å²) in [5, 5.41) is 0. The predicted molar refractivity (Wildman–Crippen MR) is 60.0 cm³/mol. The molecule has 14 heavy (non-hydrogen) atoms. The third kappa shape index (κ3) is 3.28. The summed E-state index contributed by atoms with van der Waals surface area (Å²) >= 11 is 0. The van der Waals surface area contributed by atoms with Gasteiger partial charge < -0.3 is 4.52 Å². The van der Waals surface area contributed by atoms with Crippen molar-refractivity contribution >= 4 is 7.37 Å². The van der Waals surface area contributed by atoms with Gasteiger partial charge in [0, 0.05) is 13.3 Å². The lowest BCUT2D eigenvalue weighted by Crippen LogP contribution is -2.19. The lowest BCUT2D eigenvalue weighted by molar-refractivity contribution is 0.116. The van der Waals surface area contributed by atoms with Crippen LogP contribution in [0.1, 0.15) is 20.8 Å². The Bertz CT molecular complexity index is 378. The van der Waals surface area contributed by atoms with Gasteiger partial charge in [0.25, 0.3) is 0 Å². The molecule has 0 spiro atoms. The van der Waals surface area contributed by atoms with Crippen LogP contribution in [-0.4, -0.2) is 13.3 Å². The van der Waals surface area contributed by atoms with Crippen molar-refractivity contribution in [1.29, 1.82) is 0 Å². The summed E-state index contributed by atoms with van der Waals surface area (Å²) in [5.74, 6) is 0. The first-order chi connectivity index (χ1) is 6.71. The molecule has 0 aliphatic heterocycles. The van der Waals surface area contributed by atoms with Crippen molar-refractivity contribution in [2.75, 3.05) is 13.3 Å². The van der Waals surface area contributed by atoms with E-state index in [4.69, 9.17) is 5.89 Å². The van der Waals surface area contributed by atoms with Gasteiger partial charge in [0.2, 0.25) is 0 Å². The van der Waals surface area contributed by atoms with E-state index in [1.165, 1.54) is 0 Å². The minimum absolute atomic E-state index is 0.464. The molecule has 0 saturated heterocycles. The summed E-state index contributed by atoms with van der Waals surface area (Å²) in [7, 11) is -2.51. The lowest BCUT2D eigenvalue weighted by atomic mass is 9.99. The quantitative estimate of drug-likeness (QED) is 0.718. The maximum Gasteiger partial charge on any atom is 0.198 e. The largest absolute Gasteiger partial charge is 0.318 e. The van der Waals surface area contributed by atoms with Gasteiger partial charge in [0.15, 0.2) is 7.37 Å². The summed E-state index contributed by atoms with van der Waals surface area (Å²) in [6.45, 7) is 6.97. The van der Waals surface area contributed by atoms with Crippen LogP contribution in [-0.2, 0) is 14.7 Å². The van der Waals surface area contributed by atoms with Crippen LogP contribution in [0.15, 0.2) is 30.3 Å². The van der Waals surface area contributed by atoms with Gasteiger partial charge in [-0.1, -0.05) is 30.3 Å². The van der Waals surface area contributed by atoms with E-state index in [1.807, 2.05) is 26.0 Å². The zero-order valence-corrected chi connectivity index (χ0v) is 9.97. The van der Waals surface area contributed by atoms with Crippen molar-refractivity contribution in [2.45, 2.75) is 19.4 Å². The number of benzene rings is 1. The molecule has 1 aromatic rings. The Hall–Kier alpha value is -0.590. The predicted octanol–water partition coefficient (Wildman–Crippen LogP) is 3.48. The zero-order valence-electron chi connectivity index (χ0n) is 10.1. The van der Waals surface area contributed by atoms with Crippen molar-refractivity contribution in [3.63, 3.8) is 0 Å². The van der Waals surface area contributed by atoms with Gasteiger partial charge in [0.1, 0.15) is 0 Å². The first kappa shape index (κ1) is 9.95. The Labute approximate surface area is 87.2 Å². The fourth-order valence-electron chi connectivity index (χ4n) is 1.39. The molecule has 0 bridgehead atoms. The minimum Gasteiger partial charge on any atom is -0.318 e. The number of hydrogen-bond acceptors (Lipinski definition) is 2. The van der Waals surface area contributed by atoms with E-state index >= 15 is 0 Å². The lowest BCUT2D eigenvalue weighted by Gasteiger charge is -2.27. The molecule has 0 amide bonds. The highest BCUT2D eigenvalue weighted by Crippen LogP contribution is 2.45. The number of hydrogen-bond donors (Lipinski definition) is 0. The Balaban J connectivity index is 2.95. The highest BCUT2D eigenvalue weighted by atomic mass is 31.2. The Morgan fingerprint density at radius 2 is 1.86 bits per heavy atom. The summed E-state index contributed by atoms with van der Waals surface area (Å²) in [6, 6.07) is 7.54. The van der Waals surface area contributed by atoms with Crippen LogP contribution in [0, 0.1) is 0 Å². The highest BCUT2D eigenvalue weighted by Gasteiger charge is 2.26. The molecular formula is C11H17O2P. The molecule has 0 heterocycles. The molecule has 0 saturated carbocycles. The molecule has 1 aromatic carbocycles. The third-order valence-electron chi connectivity index (χ3n) is 1.86. The molecule has 0 N–H and O–H groups in total. The third-order valence-corrected chi connectivity index (χ3v) is 2.76. The Morgan fingerprint density at radius 1 is 1.36 bits per heavy atom. The first-order valence-electron chi connectivity index (χ1n) is 5.04. The molecule has 0 atom stereocenters. The Morgan fingerprint density at radius 3 is 2.29 bits per heavy atom. The average molecular weight is 213 g/mol. The van der Waals surface area contributed by atoms with Gasteiger partial charge in [-0.3, -0.25) is 4.57 Å². The molecule has 0 aliphatic rings. The van der Waals surface area contributed by atoms with Crippen LogP contribution in [0.5, 0.6) is 0 Å². The standard InChI is InChI=1S/C11H17O2P/c1-11(2,13-14(3,4)12)10-8-6-5-7-9-10/h5-9H,1-4H3/i5D. The fraction of sp³-hybridized carbons (Fsp3) is 0.455. The van der Waals surface area contributed by atoms with Crippen molar-refractivity contribution in [3.05, 3.63) is 35.9 Å². The van der Waals surface area contributed by atoms with Crippen molar-refractivity contribution in [2.24, 2.45) is 0 Å².